The first kappa shape index (κ1) is 15.3. The fourth-order valence-corrected chi connectivity index (χ4v) is 2.13. The van der Waals surface area contributed by atoms with Crippen LogP contribution in [0.5, 0.6) is 0 Å². The lowest BCUT2D eigenvalue weighted by atomic mass is 10.0. The van der Waals surface area contributed by atoms with Gasteiger partial charge in [-0.1, -0.05) is 6.07 Å². The van der Waals surface area contributed by atoms with E-state index in [2.05, 4.69) is 15.3 Å². The van der Waals surface area contributed by atoms with Crippen LogP contribution in [0.4, 0.5) is 13.2 Å². The van der Waals surface area contributed by atoms with Crippen molar-refractivity contribution in [3.05, 3.63) is 44.5 Å². The van der Waals surface area contributed by atoms with Crippen molar-refractivity contribution in [3.63, 3.8) is 0 Å². The summed E-state index contributed by atoms with van der Waals surface area (Å²) < 4.78 is 36.9. The van der Waals surface area contributed by atoms with Crippen molar-refractivity contribution in [3.8, 4) is 0 Å². The number of hydrogen-bond donors (Lipinski definition) is 3. The molecule has 0 aliphatic rings. The molecule has 1 aromatic heterocycles. The maximum Gasteiger partial charge on any atom is 0.389 e. The lowest BCUT2D eigenvalue weighted by Gasteiger charge is -2.18. The molecule has 1 heterocycles. The molecule has 1 atom stereocenters. The Balaban J connectivity index is 2.34. The molecule has 0 amide bonds. The Bertz CT molecular complexity index is 749. The largest absolute Gasteiger partial charge is 0.389 e. The molecule has 0 saturated carbocycles. The Labute approximate surface area is 117 Å². The first-order valence-electron chi connectivity index (χ1n) is 6.30. The molecular weight excluding hydrogens is 287 g/mol. The SMILES string of the molecule is CNC(CCC(F)(F)F)c1ccc2[nH]c(=O)c(=O)[nH]c2c1. The number of nitrogens with one attached hydrogen (secondary N) is 3. The van der Waals surface area contributed by atoms with Crippen molar-refractivity contribution in [2.45, 2.75) is 25.1 Å². The third-order valence-electron chi connectivity index (χ3n) is 3.21. The quantitative estimate of drug-likeness (QED) is 0.754. The summed E-state index contributed by atoms with van der Waals surface area (Å²) in [6, 6.07) is 4.24. The molecule has 0 spiro atoms. The molecule has 0 fully saturated rings. The van der Waals surface area contributed by atoms with Crippen LogP contribution in [0.1, 0.15) is 24.4 Å². The number of aromatic nitrogens is 2. The number of halogens is 3. The van der Waals surface area contributed by atoms with Crippen LogP contribution >= 0.6 is 0 Å². The van der Waals surface area contributed by atoms with Crippen LogP contribution in [-0.2, 0) is 0 Å². The maximum atomic E-state index is 12.3. The van der Waals surface area contributed by atoms with Crippen LogP contribution < -0.4 is 16.4 Å². The van der Waals surface area contributed by atoms with Crippen LogP contribution in [0, 0.1) is 0 Å². The molecule has 0 radical (unpaired) electrons. The second-order valence-electron chi connectivity index (χ2n) is 4.71. The first-order valence-corrected chi connectivity index (χ1v) is 6.30. The highest BCUT2D eigenvalue weighted by Gasteiger charge is 2.28. The van der Waals surface area contributed by atoms with Crippen LogP contribution in [0.3, 0.4) is 0 Å². The maximum absolute atomic E-state index is 12.3. The number of aromatic amines is 2. The van der Waals surface area contributed by atoms with Gasteiger partial charge in [0.2, 0.25) is 0 Å². The second kappa shape index (κ2) is 5.72. The van der Waals surface area contributed by atoms with E-state index in [9.17, 15) is 22.8 Å². The molecule has 0 saturated heterocycles. The van der Waals surface area contributed by atoms with E-state index in [-0.39, 0.29) is 6.42 Å². The summed E-state index contributed by atoms with van der Waals surface area (Å²) in [5.74, 6) is 0. The van der Waals surface area contributed by atoms with Crippen molar-refractivity contribution in [1.82, 2.24) is 15.3 Å². The first-order chi connectivity index (χ1) is 9.80. The fraction of sp³-hybridized carbons (Fsp3) is 0.385. The van der Waals surface area contributed by atoms with Crippen LogP contribution in [0.2, 0.25) is 0 Å². The zero-order chi connectivity index (χ0) is 15.6. The summed E-state index contributed by atoms with van der Waals surface area (Å²) in [6.45, 7) is 0. The number of benzene rings is 1. The van der Waals surface area contributed by atoms with Gasteiger partial charge in [-0.05, 0) is 31.2 Å². The molecule has 5 nitrogen and oxygen atoms in total. The Morgan fingerprint density at radius 2 is 1.76 bits per heavy atom. The minimum Gasteiger partial charge on any atom is -0.316 e. The molecule has 0 bridgehead atoms. The fourth-order valence-electron chi connectivity index (χ4n) is 2.13. The van der Waals surface area contributed by atoms with Crippen molar-refractivity contribution >= 4 is 11.0 Å². The average Bonchev–Trinajstić information content (AvgIpc) is 2.39. The highest BCUT2D eigenvalue weighted by molar-refractivity contribution is 5.74. The normalized spacial score (nSPS) is 13.5. The summed E-state index contributed by atoms with van der Waals surface area (Å²) in [5.41, 5.74) is -0.149. The number of hydrogen-bond acceptors (Lipinski definition) is 3. The van der Waals surface area contributed by atoms with Gasteiger partial charge >= 0.3 is 17.3 Å². The standard InChI is InChI=1S/C13H14F3N3O2/c1-17-8(4-5-13(14,15)16)7-2-3-9-10(6-7)19-12(21)11(20)18-9/h2-3,6,8,17H,4-5H2,1H3,(H,18,20)(H,19,21). The third kappa shape index (κ3) is 3.72. The molecule has 8 heteroatoms. The summed E-state index contributed by atoms with van der Waals surface area (Å²) in [7, 11) is 1.57. The van der Waals surface area contributed by atoms with E-state index in [4.69, 9.17) is 0 Å². The summed E-state index contributed by atoms with van der Waals surface area (Å²) in [4.78, 5) is 27.3. The molecule has 114 valence electrons. The van der Waals surface area contributed by atoms with Gasteiger partial charge in [0.15, 0.2) is 0 Å². The molecule has 3 N–H and O–H groups in total. The zero-order valence-electron chi connectivity index (χ0n) is 11.2. The molecular formula is C13H14F3N3O2. The topological polar surface area (TPSA) is 77.8 Å². The van der Waals surface area contributed by atoms with Gasteiger partial charge in [0, 0.05) is 12.5 Å². The number of rotatable bonds is 4. The van der Waals surface area contributed by atoms with E-state index >= 15 is 0 Å². The van der Waals surface area contributed by atoms with Crippen LogP contribution in [0.25, 0.3) is 11.0 Å². The summed E-state index contributed by atoms with van der Waals surface area (Å²) >= 11 is 0. The van der Waals surface area contributed by atoms with Gasteiger partial charge in [-0.25, -0.2) is 0 Å². The molecule has 0 aliphatic heterocycles. The van der Waals surface area contributed by atoms with Gasteiger partial charge in [-0.2, -0.15) is 13.2 Å². The van der Waals surface area contributed by atoms with Gasteiger partial charge in [0.05, 0.1) is 11.0 Å². The van der Waals surface area contributed by atoms with Crippen LogP contribution in [0.15, 0.2) is 27.8 Å². The van der Waals surface area contributed by atoms with Gasteiger partial charge < -0.3 is 15.3 Å². The van der Waals surface area contributed by atoms with Gasteiger partial charge in [-0.15, -0.1) is 0 Å². The zero-order valence-corrected chi connectivity index (χ0v) is 11.2. The molecule has 1 unspecified atom stereocenters. The van der Waals surface area contributed by atoms with E-state index in [1.807, 2.05) is 0 Å². The van der Waals surface area contributed by atoms with E-state index in [0.717, 1.165) is 0 Å². The number of H-pyrrole nitrogens is 2. The van der Waals surface area contributed by atoms with E-state index in [1.165, 1.54) is 0 Å². The molecule has 21 heavy (non-hydrogen) atoms. The Morgan fingerprint density at radius 1 is 1.14 bits per heavy atom. The number of alkyl halides is 3. The highest BCUT2D eigenvalue weighted by atomic mass is 19.4. The minimum atomic E-state index is -4.22. The molecule has 2 aromatic rings. The van der Waals surface area contributed by atoms with Gasteiger partial charge in [0.25, 0.3) is 0 Å². The molecule has 1 aromatic carbocycles. The summed E-state index contributed by atoms with van der Waals surface area (Å²) in [5, 5.41) is 2.82. The van der Waals surface area contributed by atoms with Crippen molar-refractivity contribution in [1.29, 1.82) is 0 Å². The van der Waals surface area contributed by atoms with Crippen LogP contribution in [-0.4, -0.2) is 23.2 Å². The number of fused-ring (bicyclic) bond motifs is 1. The third-order valence-corrected chi connectivity index (χ3v) is 3.21. The van der Waals surface area contributed by atoms with Crippen molar-refractivity contribution in [2.24, 2.45) is 0 Å². The second-order valence-corrected chi connectivity index (χ2v) is 4.71. The Morgan fingerprint density at radius 3 is 2.33 bits per heavy atom. The minimum absolute atomic E-state index is 0.112. The highest BCUT2D eigenvalue weighted by Crippen LogP contribution is 2.28. The lowest BCUT2D eigenvalue weighted by Crippen LogP contribution is -2.29. The van der Waals surface area contributed by atoms with Gasteiger partial charge in [-0.3, -0.25) is 9.59 Å². The average molecular weight is 301 g/mol. The van der Waals surface area contributed by atoms with E-state index in [0.29, 0.717) is 16.6 Å². The van der Waals surface area contributed by atoms with E-state index in [1.54, 1.807) is 25.2 Å². The lowest BCUT2D eigenvalue weighted by molar-refractivity contribution is -0.136. The predicted octanol–water partition coefficient (Wildman–Crippen LogP) is 1.82. The van der Waals surface area contributed by atoms with E-state index < -0.39 is 29.8 Å². The van der Waals surface area contributed by atoms with Crippen molar-refractivity contribution < 1.29 is 13.2 Å². The molecule has 0 aliphatic carbocycles. The Kier molecular flexibility index (Phi) is 4.17. The van der Waals surface area contributed by atoms with Crippen molar-refractivity contribution in [2.75, 3.05) is 7.05 Å². The predicted molar refractivity (Wildman–Crippen MR) is 72.3 cm³/mol. The molecule has 2 rings (SSSR count). The Hall–Kier alpha value is -2.09. The summed E-state index contributed by atoms with van der Waals surface area (Å²) in [6.07, 6.45) is -5.23. The van der Waals surface area contributed by atoms with Gasteiger partial charge in [0.1, 0.15) is 0 Å². The smallest absolute Gasteiger partial charge is 0.316 e. The monoisotopic (exact) mass is 301 g/mol.